The monoisotopic (exact) mass is 510 g/mol. The minimum atomic E-state index is -0.355. The fraction of sp³-hybridized carbons (Fsp3) is 0.567. The number of halogens is 1. The van der Waals surface area contributed by atoms with E-state index in [4.69, 9.17) is 14.2 Å². The Bertz CT molecular complexity index is 1080. The first-order chi connectivity index (χ1) is 18.0. The molecule has 2 aromatic carbocycles. The second-order valence-corrected chi connectivity index (χ2v) is 10.8. The summed E-state index contributed by atoms with van der Waals surface area (Å²) in [5.41, 5.74) is 1.63. The molecule has 0 radical (unpaired) electrons. The van der Waals surface area contributed by atoms with Crippen molar-refractivity contribution in [1.82, 2.24) is 9.80 Å². The van der Waals surface area contributed by atoms with Crippen molar-refractivity contribution in [2.24, 2.45) is 11.8 Å². The maximum atomic E-state index is 14.5. The Labute approximate surface area is 219 Å². The SMILES string of the molecule is Cc1ccc2c(c1F)C(=O)N(C[C@H]1CC[C@H](C(C)Oc3cccc(OCCN4CCOCC4)c3)CC1)C2. The van der Waals surface area contributed by atoms with Gasteiger partial charge in [-0.2, -0.15) is 0 Å². The molecule has 3 aliphatic rings. The van der Waals surface area contributed by atoms with Gasteiger partial charge in [0.1, 0.15) is 23.9 Å². The third-order valence-corrected chi connectivity index (χ3v) is 8.22. The van der Waals surface area contributed by atoms with Crippen LogP contribution in [-0.2, 0) is 11.3 Å². The highest BCUT2D eigenvalue weighted by Crippen LogP contribution is 2.35. The number of ether oxygens (including phenoxy) is 3. The summed E-state index contributed by atoms with van der Waals surface area (Å²) in [6, 6.07) is 11.6. The van der Waals surface area contributed by atoms with Crippen LogP contribution < -0.4 is 9.47 Å². The van der Waals surface area contributed by atoms with Gasteiger partial charge in [-0.25, -0.2) is 4.39 Å². The van der Waals surface area contributed by atoms with E-state index in [2.05, 4.69) is 11.8 Å². The number of fused-ring (bicyclic) bond motifs is 1. The smallest absolute Gasteiger partial charge is 0.257 e. The highest BCUT2D eigenvalue weighted by atomic mass is 19.1. The molecular weight excluding hydrogens is 471 g/mol. The molecule has 1 saturated heterocycles. The summed E-state index contributed by atoms with van der Waals surface area (Å²) in [6.45, 7) is 10.2. The summed E-state index contributed by atoms with van der Waals surface area (Å²) in [4.78, 5) is 17.0. The first-order valence-electron chi connectivity index (χ1n) is 13.7. The van der Waals surface area contributed by atoms with E-state index in [1.807, 2.05) is 35.2 Å². The van der Waals surface area contributed by atoms with Crippen LogP contribution >= 0.6 is 0 Å². The number of rotatable bonds is 9. The fourth-order valence-corrected chi connectivity index (χ4v) is 5.88. The summed E-state index contributed by atoms with van der Waals surface area (Å²) in [5.74, 6) is 2.11. The average molecular weight is 511 g/mol. The van der Waals surface area contributed by atoms with Crippen LogP contribution in [0.4, 0.5) is 4.39 Å². The Kier molecular flexibility index (Phi) is 8.30. The molecule has 2 fully saturated rings. The molecule has 1 saturated carbocycles. The van der Waals surface area contributed by atoms with Crippen molar-refractivity contribution in [3.8, 4) is 11.5 Å². The van der Waals surface area contributed by atoms with Gasteiger partial charge in [0.25, 0.3) is 5.91 Å². The van der Waals surface area contributed by atoms with E-state index in [1.54, 1.807) is 13.0 Å². The lowest BCUT2D eigenvalue weighted by molar-refractivity contribution is 0.0322. The lowest BCUT2D eigenvalue weighted by Gasteiger charge is -2.34. The van der Waals surface area contributed by atoms with E-state index in [1.165, 1.54) is 0 Å². The van der Waals surface area contributed by atoms with Crippen molar-refractivity contribution < 1.29 is 23.4 Å². The summed E-state index contributed by atoms with van der Waals surface area (Å²) >= 11 is 0. The number of carbonyl (C=O) groups excluding carboxylic acids is 1. The molecular formula is C30H39FN2O4. The topological polar surface area (TPSA) is 51.2 Å². The predicted molar refractivity (Wildman–Crippen MR) is 141 cm³/mol. The first-order valence-corrected chi connectivity index (χ1v) is 13.7. The lowest BCUT2D eigenvalue weighted by atomic mass is 9.79. The number of benzene rings is 2. The van der Waals surface area contributed by atoms with Crippen LogP contribution in [0.2, 0.25) is 0 Å². The quantitative estimate of drug-likeness (QED) is 0.471. The van der Waals surface area contributed by atoms with Crippen molar-refractivity contribution >= 4 is 5.91 Å². The average Bonchev–Trinajstić information content (AvgIpc) is 3.23. The Morgan fingerprint density at radius 1 is 1.08 bits per heavy atom. The van der Waals surface area contributed by atoms with Gasteiger partial charge in [0.05, 0.1) is 24.9 Å². The number of amides is 1. The van der Waals surface area contributed by atoms with Gasteiger partial charge in [0, 0.05) is 38.8 Å². The molecule has 5 rings (SSSR count). The van der Waals surface area contributed by atoms with Gasteiger partial charge >= 0.3 is 0 Å². The zero-order chi connectivity index (χ0) is 25.8. The van der Waals surface area contributed by atoms with Gasteiger partial charge in [-0.05, 0) is 74.6 Å². The highest BCUT2D eigenvalue weighted by Gasteiger charge is 2.34. The number of morpholine rings is 1. The van der Waals surface area contributed by atoms with E-state index in [9.17, 15) is 9.18 Å². The van der Waals surface area contributed by atoms with Gasteiger partial charge in [-0.1, -0.05) is 18.2 Å². The van der Waals surface area contributed by atoms with E-state index < -0.39 is 0 Å². The Morgan fingerprint density at radius 3 is 2.62 bits per heavy atom. The number of carbonyl (C=O) groups is 1. The zero-order valence-corrected chi connectivity index (χ0v) is 22.1. The highest BCUT2D eigenvalue weighted by molar-refractivity contribution is 5.98. The molecule has 1 aliphatic carbocycles. The largest absolute Gasteiger partial charge is 0.492 e. The van der Waals surface area contributed by atoms with E-state index in [-0.39, 0.29) is 23.4 Å². The summed E-state index contributed by atoms with van der Waals surface area (Å²) in [5, 5.41) is 0. The minimum absolute atomic E-state index is 0.110. The van der Waals surface area contributed by atoms with Crippen LogP contribution in [0.5, 0.6) is 11.5 Å². The number of nitrogens with zero attached hydrogens (tertiary/aromatic N) is 2. The van der Waals surface area contributed by atoms with Crippen LogP contribution in [0.1, 0.15) is 54.1 Å². The molecule has 2 heterocycles. The first kappa shape index (κ1) is 26.0. The molecule has 37 heavy (non-hydrogen) atoms. The lowest BCUT2D eigenvalue weighted by Crippen LogP contribution is -2.38. The number of aryl methyl sites for hydroxylation is 1. The van der Waals surface area contributed by atoms with E-state index >= 15 is 0 Å². The maximum Gasteiger partial charge on any atom is 0.257 e. The second-order valence-electron chi connectivity index (χ2n) is 10.8. The van der Waals surface area contributed by atoms with Gasteiger partial charge < -0.3 is 19.1 Å². The van der Waals surface area contributed by atoms with Crippen LogP contribution in [0.3, 0.4) is 0 Å². The Hall–Kier alpha value is -2.64. The standard InChI is InChI=1S/C30H39FN2O4/c1-21-6-9-25-20-33(30(34)28(25)29(21)31)19-23-7-10-24(11-8-23)22(2)37-27-5-3-4-26(18-27)36-17-14-32-12-15-35-16-13-32/h3-6,9,18,22-24H,7-8,10-17,19-20H2,1-2H3/t22?,23-,24-. The van der Waals surface area contributed by atoms with Gasteiger partial charge in [-0.15, -0.1) is 0 Å². The predicted octanol–water partition coefficient (Wildman–Crippen LogP) is 5.07. The molecule has 2 aromatic rings. The summed E-state index contributed by atoms with van der Waals surface area (Å²) < 4.78 is 32.2. The third kappa shape index (κ3) is 6.27. The number of hydrogen-bond acceptors (Lipinski definition) is 5. The summed E-state index contributed by atoms with van der Waals surface area (Å²) in [7, 11) is 0. The minimum Gasteiger partial charge on any atom is -0.492 e. The van der Waals surface area contributed by atoms with Crippen LogP contribution in [0.15, 0.2) is 36.4 Å². The molecule has 2 aliphatic heterocycles. The van der Waals surface area contributed by atoms with E-state index in [0.29, 0.717) is 37.1 Å². The zero-order valence-electron chi connectivity index (χ0n) is 22.1. The van der Waals surface area contributed by atoms with Crippen LogP contribution in [-0.4, -0.2) is 67.8 Å². The molecule has 6 nitrogen and oxygen atoms in total. The van der Waals surface area contributed by atoms with Crippen LogP contribution in [0.25, 0.3) is 0 Å². The Balaban J connectivity index is 1.06. The van der Waals surface area contributed by atoms with Crippen molar-refractivity contribution in [2.75, 3.05) is 46.0 Å². The summed E-state index contributed by atoms with van der Waals surface area (Å²) in [6.07, 6.45) is 4.38. The van der Waals surface area contributed by atoms with Crippen molar-refractivity contribution in [2.45, 2.75) is 52.2 Å². The van der Waals surface area contributed by atoms with Gasteiger partial charge in [0.15, 0.2) is 0 Å². The molecule has 0 bridgehead atoms. The molecule has 0 spiro atoms. The van der Waals surface area contributed by atoms with Crippen molar-refractivity contribution in [3.63, 3.8) is 0 Å². The maximum absolute atomic E-state index is 14.5. The van der Waals surface area contributed by atoms with E-state index in [0.717, 1.165) is 75.6 Å². The molecule has 1 amide bonds. The van der Waals surface area contributed by atoms with Crippen molar-refractivity contribution in [1.29, 1.82) is 0 Å². The molecule has 200 valence electrons. The molecule has 7 heteroatoms. The Morgan fingerprint density at radius 2 is 1.84 bits per heavy atom. The fourth-order valence-electron chi connectivity index (χ4n) is 5.88. The van der Waals surface area contributed by atoms with Gasteiger partial charge in [-0.3, -0.25) is 9.69 Å². The molecule has 0 N–H and O–H groups in total. The molecule has 0 aromatic heterocycles. The third-order valence-electron chi connectivity index (χ3n) is 8.22. The number of hydrogen-bond donors (Lipinski definition) is 0. The molecule has 1 unspecified atom stereocenters. The van der Waals surface area contributed by atoms with Crippen molar-refractivity contribution in [3.05, 3.63) is 58.9 Å². The normalized spacial score (nSPS) is 23.1. The second kappa shape index (κ2) is 11.8. The molecule has 1 atom stereocenters. The van der Waals surface area contributed by atoms with Crippen LogP contribution in [0, 0.1) is 24.6 Å². The van der Waals surface area contributed by atoms with Gasteiger partial charge in [0.2, 0.25) is 0 Å².